The number of alkyl halides is 2. The summed E-state index contributed by atoms with van der Waals surface area (Å²) in [5.41, 5.74) is 1.85. The van der Waals surface area contributed by atoms with Gasteiger partial charge in [0.25, 0.3) is 0 Å². The third-order valence-electron chi connectivity index (χ3n) is 1.65. The molecule has 4 nitrogen and oxygen atoms in total. The third kappa shape index (κ3) is 1.31. The molecule has 7 heteroatoms. The predicted molar refractivity (Wildman–Crippen MR) is 40.4 cm³/mol. The summed E-state index contributed by atoms with van der Waals surface area (Å²) in [6, 6.07) is 1.76. The van der Waals surface area contributed by atoms with Crippen LogP contribution in [0.3, 0.4) is 0 Å². The van der Waals surface area contributed by atoms with Gasteiger partial charge in [-0.05, 0) is 0 Å². The quantitative estimate of drug-likeness (QED) is 0.539. The first-order chi connectivity index (χ1) is 6.52. The first-order valence-corrected chi connectivity index (χ1v) is 3.58. The molecule has 0 bridgehead atoms. The lowest BCUT2D eigenvalue weighted by Crippen LogP contribution is -2.25. The summed E-state index contributed by atoms with van der Waals surface area (Å²) >= 11 is 0. The summed E-state index contributed by atoms with van der Waals surface area (Å²) in [5, 5.41) is 0. The van der Waals surface area contributed by atoms with Crippen molar-refractivity contribution in [3.05, 3.63) is 17.9 Å². The van der Waals surface area contributed by atoms with E-state index in [-0.39, 0.29) is 17.2 Å². The smallest absolute Gasteiger partial charge is 0.395 e. The van der Waals surface area contributed by atoms with Crippen molar-refractivity contribution in [3.63, 3.8) is 0 Å². The zero-order valence-corrected chi connectivity index (χ0v) is 6.68. The van der Waals surface area contributed by atoms with E-state index in [9.17, 15) is 13.2 Å². The number of halogens is 3. The molecule has 1 aromatic rings. The van der Waals surface area contributed by atoms with Crippen LogP contribution in [0.15, 0.2) is 12.1 Å². The molecule has 0 atom stereocenters. The number of anilines is 1. The van der Waals surface area contributed by atoms with E-state index < -0.39 is 12.1 Å². The van der Waals surface area contributed by atoms with Crippen LogP contribution >= 0.6 is 0 Å². The number of nitrogen functional groups attached to an aromatic ring is 1. The van der Waals surface area contributed by atoms with Crippen molar-refractivity contribution in [2.75, 3.05) is 5.43 Å². The van der Waals surface area contributed by atoms with E-state index in [1.165, 1.54) is 0 Å². The molecule has 0 radical (unpaired) electrons. The molecule has 0 unspecified atom stereocenters. The van der Waals surface area contributed by atoms with Gasteiger partial charge in [-0.1, -0.05) is 0 Å². The molecular weight excluding hydrogens is 201 g/mol. The molecule has 0 fully saturated rings. The number of nitrogens with one attached hydrogen (secondary N) is 1. The Morgan fingerprint density at radius 2 is 1.79 bits per heavy atom. The summed E-state index contributed by atoms with van der Waals surface area (Å²) in [6.45, 7) is 0. The van der Waals surface area contributed by atoms with Gasteiger partial charge in [0.2, 0.25) is 0 Å². The summed E-state index contributed by atoms with van der Waals surface area (Å²) in [7, 11) is 0. The SMILES string of the molecule is NNc1cc2c(cc1F)OC(F)(F)O2. The molecule has 3 N–H and O–H groups in total. The van der Waals surface area contributed by atoms with Crippen LogP contribution < -0.4 is 20.7 Å². The molecule has 1 aromatic carbocycles. The summed E-state index contributed by atoms with van der Waals surface area (Å²) in [5.74, 6) is 3.52. The average Bonchev–Trinajstić information content (AvgIpc) is 2.36. The standard InChI is InChI=1S/C7H5F3N2O2/c8-3-1-5-6(2-4(3)12-11)14-7(9,10)13-5/h1-2,12H,11H2. The van der Waals surface area contributed by atoms with Crippen molar-refractivity contribution in [1.29, 1.82) is 0 Å². The number of hydrogen-bond donors (Lipinski definition) is 2. The lowest BCUT2D eigenvalue weighted by molar-refractivity contribution is -0.286. The number of nitrogens with two attached hydrogens (primary N) is 1. The van der Waals surface area contributed by atoms with Crippen molar-refractivity contribution >= 4 is 5.69 Å². The Kier molecular flexibility index (Phi) is 1.71. The Labute approximate surface area is 76.4 Å². The molecule has 1 aliphatic heterocycles. The number of benzene rings is 1. The Balaban J connectivity index is 2.44. The molecule has 1 heterocycles. The number of fused-ring (bicyclic) bond motifs is 1. The van der Waals surface area contributed by atoms with Crippen LogP contribution in [0.25, 0.3) is 0 Å². The predicted octanol–water partition coefficient (Wildman–Crippen LogP) is 1.43. The number of ether oxygens (including phenoxy) is 2. The van der Waals surface area contributed by atoms with Gasteiger partial charge in [-0.25, -0.2) is 4.39 Å². The second-order valence-electron chi connectivity index (χ2n) is 2.59. The van der Waals surface area contributed by atoms with Crippen LogP contribution in [0.5, 0.6) is 11.5 Å². The van der Waals surface area contributed by atoms with Gasteiger partial charge in [0.1, 0.15) is 0 Å². The van der Waals surface area contributed by atoms with Crippen molar-refractivity contribution in [2.45, 2.75) is 6.29 Å². The largest absolute Gasteiger partial charge is 0.586 e. The topological polar surface area (TPSA) is 56.5 Å². The van der Waals surface area contributed by atoms with Gasteiger partial charge < -0.3 is 14.9 Å². The fourth-order valence-electron chi connectivity index (χ4n) is 1.08. The highest BCUT2D eigenvalue weighted by molar-refractivity contribution is 5.56. The monoisotopic (exact) mass is 206 g/mol. The molecule has 1 aliphatic rings. The van der Waals surface area contributed by atoms with Crippen LogP contribution in [0.2, 0.25) is 0 Å². The van der Waals surface area contributed by atoms with Gasteiger partial charge in [-0.2, -0.15) is 0 Å². The second kappa shape index (κ2) is 2.68. The molecular formula is C7H5F3N2O2. The molecule has 14 heavy (non-hydrogen) atoms. The summed E-state index contributed by atoms with van der Waals surface area (Å²) < 4.78 is 46.0. The van der Waals surface area contributed by atoms with Gasteiger partial charge in [-0.3, -0.25) is 5.84 Å². The zero-order chi connectivity index (χ0) is 10.3. The molecule has 0 spiro atoms. The summed E-state index contributed by atoms with van der Waals surface area (Å²) in [6.07, 6.45) is -3.75. The van der Waals surface area contributed by atoms with Crippen LogP contribution in [0.4, 0.5) is 18.9 Å². The molecule has 76 valence electrons. The fraction of sp³-hybridized carbons (Fsp3) is 0.143. The van der Waals surface area contributed by atoms with Gasteiger partial charge in [0, 0.05) is 12.1 Å². The maximum atomic E-state index is 13.0. The second-order valence-corrected chi connectivity index (χ2v) is 2.59. The van der Waals surface area contributed by atoms with Crippen LogP contribution in [-0.4, -0.2) is 6.29 Å². The normalized spacial score (nSPS) is 16.9. The van der Waals surface area contributed by atoms with Crippen molar-refractivity contribution in [3.8, 4) is 11.5 Å². The Hall–Kier alpha value is -1.63. The Morgan fingerprint density at radius 1 is 1.21 bits per heavy atom. The lowest BCUT2D eigenvalue weighted by atomic mass is 10.2. The molecule has 2 rings (SSSR count). The van der Waals surface area contributed by atoms with Crippen LogP contribution in [0.1, 0.15) is 0 Å². The molecule has 0 aromatic heterocycles. The zero-order valence-electron chi connectivity index (χ0n) is 6.68. The van der Waals surface area contributed by atoms with E-state index in [4.69, 9.17) is 5.84 Å². The van der Waals surface area contributed by atoms with E-state index in [1.807, 2.05) is 5.43 Å². The van der Waals surface area contributed by atoms with E-state index in [0.29, 0.717) is 0 Å². The number of rotatable bonds is 1. The van der Waals surface area contributed by atoms with Crippen molar-refractivity contribution < 1.29 is 22.6 Å². The molecule has 0 saturated heterocycles. The maximum absolute atomic E-state index is 13.0. The number of hydrazine groups is 1. The van der Waals surface area contributed by atoms with Crippen molar-refractivity contribution in [1.82, 2.24) is 0 Å². The van der Waals surface area contributed by atoms with Crippen molar-refractivity contribution in [2.24, 2.45) is 5.84 Å². The van der Waals surface area contributed by atoms with E-state index in [1.54, 1.807) is 0 Å². The highest BCUT2D eigenvalue weighted by Crippen LogP contribution is 2.43. The average molecular weight is 206 g/mol. The van der Waals surface area contributed by atoms with E-state index in [0.717, 1.165) is 12.1 Å². The summed E-state index contributed by atoms with van der Waals surface area (Å²) in [4.78, 5) is 0. The Morgan fingerprint density at radius 3 is 2.36 bits per heavy atom. The van der Waals surface area contributed by atoms with Gasteiger partial charge in [0.15, 0.2) is 17.3 Å². The minimum Gasteiger partial charge on any atom is -0.395 e. The van der Waals surface area contributed by atoms with E-state index >= 15 is 0 Å². The molecule has 0 saturated carbocycles. The fourth-order valence-corrected chi connectivity index (χ4v) is 1.08. The van der Waals surface area contributed by atoms with Crippen LogP contribution in [0, 0.1) is 5.82 Å². The minimum atomic E-state index is -3.75. The molecule has 0 amide bonds. The lowest BCUT2D eigenvalue weighted by Gasteiger charge is -2.04. The highest BCUT2D eigenvalue weighted by atomic mass is 19.3. The van der Waals surface area contributed by atoms with Gasteiger partial charge >= 0.3 is 6.29 Å². The third-order valence-corrected chi connectivity index (χ3v) is 1.65. The Bertz CT molecular complexity index is 383. The first kappa shape index (κ1) is 8.95. The maximum Gasteiger partial charge on any atom is 0.586 e. The minimum absolute atomic E-state index is 0.148. The number of hydrogen-bond acceptors (Lipinski definition) is 4. The van der Waals surface area contributed by atoms with E-state index in [2.05, 4.69) is 9.47 Å². The van der Waals surface area contributed by atoms with Crippen LogP contribution in [-0.2, 0) is 0 Å². The van der Waals surface area contributed by atoms with Gasteiger partial charge in [-0.15, -0.1) is 8.78 Å². The highest BCUT2D eigenvalue weighted by Gasteiger charge is 2.43. The first-order valence-electron chi connectivity index (χ1n) is 3.58. The molecule has 0 aliphatic carbocycles. The van der Waals surface area contributed by atoms with Gasteiger partial charge in [0.05, 0.1) is 5.69 Å².